The van der Waals surface area contributed by atoms with Gasteiger partial charge in [0.2, 0.25) is 11.8 Å². The van der Waals surface area contributed by atoms with Gasteiger partial charge in [0, 0.05) is 23.2 Å². The van der Waals surface area contributed by atoms with Gasteiger partial charge in [-0.05, 0) is 42.5 Å². The summed E-state index contributed by atoms with van der Waals surface area (Å²) in [4.78, 5) is 51.3. The van der Waals surface area contributed by atoms with Crippen LogP contribution in [0.2, 0.25) is 0 Å². The number of imide groups is 1. The zero-order valence-corrected chi connectivity index (χ0v) is 22.8. The highest BCUT2D eigenvalue weighted by molar-refractivity contribution is 7.19. The van der Waals surface area contributed by atoms with Gasteiger partial charge in [0.05, 0.1) is 58.5 Å². The first-order valence-electron chi connectivity index (χ1n) is 13.0. The number of rotatable bonds is 5. The maximum Gasteiger partial charge on any atom is 0.394 e. The van der Waals surface area contributed by atoms with Crippen LogP contribution in [0.4, 0.5) is 17.6 Å². The van der Waals surface area contributed by atoms with Gasteiger partial charge in [-0.25, -0.2) is 4.39 Å². The van der Waals surface area contributed by atoms with Gasteiger partial charge in [0.1, 0.15) is 6.17 Å². The average molecular weight is 575 g/mol. The summed E-state index contributed by atoms with van der Waals surface area (Å²) >= 11 is 1.25. The normalized spacial score (nSPS) is 23.8. The zero-order chi connectivity index (χ0) is 28.7. The van der Waals surface area contributed by atoms with E-state index in [1.807, 2.05) is 13.8 Å². The number of hydrogen-bond acceptors (Lipinski definition) is 6. The van der Waals surface area contributed by atoms with Crippen LogP contribution in [-0.2, 0) is 22.6 Å². The van der Waals surface area contributed by atoms with Gasteiger partial charge >= 0.3 is 6.18 Å². The van der Waals surface area contributed by atoms with Crippen molar-refractivity contribution in [1.29, 1.82) is 0 Å². The Labute approximate surface area is 231 Å². The van der Waals surface area contributed by atoms with Gasteiger partial charge in [0.15, 0.2) is 0 Å². The molecule has 7 nitrogen and oxygen atoms in total. The van der Waals surface area contributed by atoms with Gasteiger partial charge in [-0.2, -0.15) is 13.2 Å². The van der Waals surface area contributed by atoms with E-state index < -0.39 is 24.7 Å². The molecule has 0 bridgehead atoms. The van der Waals surface area contributed by atoms with Crippen molar-refractivity contribution in [2.75, 3.05) is 13.1 Å². The molecule has 5 heterocycles. The quantitative estimate of drug-likeness (QED) is 0.313. The molecule has 2 saturated heterocycles. The van der Waals surface area contributed by atoms with Crippen molar-refractivity contribution in [3.05, 3.63) is 46.1 Å². The lowest BCUT2D eigenvalue weighted by Crippen LogP contribution is -2.35. The fraction of sp³-hybridized carbons (Fsp3) is 0.464. The number of aromatic nitrogens is 2. The number of pyridine rings is 2. The lowest BCUT2D eigenvalue weighted by atomic mass is 9.99. The Kier molecular flexibility index (Phi) is 6.06. The van der Waals surface area contributed by atoms with Crippen LogP contribution in [0, 0.1) is 24.2 Å². The summed E-state index contributed by atoms with van der Waals surface area (Å²) in [7, 11) is 0. The molecule has 3 atom stereocenters. The molecule has 0 aromatic carbocycles. The summed E-state index contributed by atoms with van der Waals surface area (Å²) in [5.41, 5.74) is 0.859. The van der Waals surface area contributed by atoms with E-state index in [2.05, 4.69) is 9.97 Å². The molecule has 12 heteroatoms. The molecule has 0 N–H and O–H groups in total. The van der Waals surface area contributed by atoms with Crippen LogP contribution in [0.3, 0.4) is 0 Å². The molecule has 2 aliphatic heterocycles. The molecule has 3 aromatic heterocycles. The number of fused-ring (bicyclic) bond motifs is 2. The van der Waals surface area contributed by atoms with Crippen LogP contribution in [0.1, 0.15) is 46.8 Å². The lowest BCUT2D eigenvalue weighted by Gasteiger charge is -2.20. The first-order chi connectivity index (χ1) is 18.8. The fourth-order valence-electron chi connectivity index (χ4n) is 6.13. The minimum atomic E-state index is -4.51. The van der Waals surface area contributed by atoms with Crippen molar-refractivity contribution < 1.29 is 31.9 Å². The summed E-state index contributed by atoms with van der Waals surface area (Å²) < 4.78 is 54.5. The van der Waals surface area contributed by atoms with Crippen LogP contribution < -0.4 is 0 Å². The van der Waals surface area contributed by atoms with E-state index in [4.69, 9.17) is 0 Å². The van der Waals surface area contributed by atoms with Crippen LogP contribution in [0.15, 0.2) is 24.4 Å². The van der Waals surface area contributed by atoms with Crippen molar-refractivity contribution in [3.63, 3.8) is 0 Å². The van der Waals surface area contributed by atoms with Crippen molar-refractivity contribution in [3.8, 4) is 11.3 Å². The number of likely N-dealkylation sites (tertiary alicyclic amines) is 2. The predicted molar refractivity (Wildman–Crippen MR) is 139 cm³/mol. The molecule has 1 aliphatic carbocycles. The second-order valence-electron chi connectivity index (χ2n) is 11.4. The lowest BCUT2D eigenvalue weighted by molar-refractivity contribution is -0.143. The zero-order valence-electron chi connectivity index (χ0n) is 22.0. The number of aryl methyl sites for hydroxylation is 1. The highest BCUT2D eigenvalue weighted by Gasteiger charge is 2.72. The third-order valence-corrected chi connectivity index (χ3v) is 9.35. The molecular weight excluding hydrogens is 548 g/mol. The number of hydrogen-bond donors (Lipinski definition) is 0. The number of nitrogens with zero attached hydrogens (tertiary/aromatic N) is 4. The second-order valence-corrected chi connectivity index (χ2v) is 12.5. The predicted octanol–water partition coefficient (Wildman–Crippen LogP) is 5.10. The molecular formula is C28H26F4N4O3S. The minimum absolute atomic E-state index is 0.0687. The van der Waals surface area contributed by atoms with E-state index >= 15 is 0 Å². The number of halogens is 4. The number of amides is 3. The van der Waals surface area contributed by atoms with E-state index in [1.54, 1.807) is 19.1 Å². The molecule has 3 aliphatic rings. The molecule has 210 valence electrons. The highest BCUT2D eigenvalue weighted by Crippen LogP contribution is 2.63. The monoisotopic (exact) mass is 574 g/mol. The maximum absolute atomic E-state index is 13.9. The second kappa shape index (κ2) is 9.05. The smallest absolute Gasteiger partial charge is 0.336 e. The molecule has 3 amide bonds. The summed E-state index contributed by atoms with van der Waals surface area (Å²) in [5, 5.41) is 0. The summed E-state index contributed by atoms with van der Waals surface area (Å²) in [6, 6.07) is 4.58. The molecule has 3 aromatic rings. The number of alkyl halides is 4. The Hall–Kier alpha value is -3.41. The van der Waals surface area contributed by atoms with E-state index in [1.165, 1.54) is 33.4 Å². The topological polar surface area (TPSA) is 83.5 Å². The molecule has 3 fully saturated rings. The summed E-state index contributed by atoms with van der Waals surface area (Å²) in [6.45, 7) is 5.54. The molecule has 0 radical (unpaired) electrons. The third kappa shape index (κ3) is 4.36. The largest absolute Gasteiger partial charge is 0.394 e. The van der Waals surface area contributed by atoms with Gasteiger partial charge in [-0.3, -0.25) is 29.3 Å². The Morgan fingerprint density at radius 3 is 2.50 bits per heavy atom. The number of piperidine rings is 1. The van der Waals surface area contributed by atoms with Crippen molar-refractivity contribution >= 4 is 39.3 Å². The molecule has 2 unspecified atom stereocenters. The molecule has 0 spiro atoms. The number of thiophene rings is 1. The average Bonchev–Trinajstić information content (AvgIpc) is 3.24. The Morgan fingerprint density at radius 2 is 1.88 bits per heavy atom. The van der Waals surface area contributed by atoms with Gasteiger partial charge < -0.3 is 4.90 Å². The molecule has 40 heavy (non-hydrogen) atoms. The van der Waals surface area contributed by atoms with Gasteiger partial charge in [-0.1, -0.05) is 13.8 Å². The first kappa shape index (κ1) is 26.8. The van der Waals surface area contributed by atoms with Crippen LogP contribution >= 0.6 is 11.3 Å². The van der Waals surface area contributed by atoms with Gasteiger partial charge in [0.25, 0.3) is 5.91 Å². The minimum Gasteiger partial charge on any atom is -0.336 e. The first-order valence-corrected chi connectivity index (χ1v) is 13.8. The van der Waals surface area contributed by atoms with E-state index in [-0.39, 0.29) is 72.1 Å². The molecule has 1 saturated carbocycles. The standard InChI is InChI=1S/C28H26F4N4O3S/c1-13-8-15(10-28(30,31)32)34-22(19(13)24(37)35-7-5-14(29)11-35)17-4-6-33-18-9-16(40-23(17)18)12-36-25(38)20-21(26(36)39)27(20,2)3/h4,6,8-9,14,20-21H,5,7,10-12H2,1-3H3/t14-,20?,21?/m0/s1. The van der Waals surface area contributed by atoms with E-state index in [9.17, 15) is 31.9 Å². The summed E-state index contributed by atoms with van der Waals surface area (Å²) in [5.74, 6) is -1.51. The van der Waals surface area contributed by atoms with Gasteiger partial charge in [-0.15, -0.1) is 11.3 Å². The Bertz CT molecular complexity index is 1560. The number of carbonyl (C=O) groups is 3. The van der Waals surface area contributed by atoms with Crippen molar-refractivity contribution in [2.45, 2.75) is 52.5 Å². The Morgan fingerprint density at radius 1 is 1.18 bits per heavy atom. The van der Waals surface area contributed by atoms with Crippen LogP contribution in [0.5, 0.6) is 0 Å². The SMILES string of the molecule is Cc1cc(CC(F)(F)F)nc(-c2ccnc3cc(CN4C(=O)C5C(C4=O)C5(C)C)sc23)c1C(=O)N1CC[C@H](F)C1. The van der Waals surface area contributed by atoms with E-state index in [0.29, 0.717) is 26.2 Å². The molecule has 6 rings (SSSR count). The van der Waals surface area contributed by atoms with Crippen molar-refractivity contribution in [2.24, 2.45) is 17.3 Å². The number of carbonyl (C=O) groups excluding carboxylic acids is 3. The highest BCUT2D eigenvalue weighted by atomic mass is 32.1. The maximum atomic E-state index is 13.9. The summed E-state index contributed by atoms with van der Waals surface area (Å²) in [6.07, 6.45) is -5.27. The van der Waals surface area contributed by atoms with Crippen LogP contribution in [-0.4, -0.2) is 62.9 Å². The Balaban J connectivity index is 1.42. The third-order valence-electron chi connectivity index (χ3n) is 8.21. The van der Waals surface area contributed by atoms with Crippen LogP contribution in [0.25, 0.3) is 21.5 Å². The van der Waals surface area contributed by atoms with E-state index in [0.717, 1.165) is 0 Å². The fourth-order valence-corrected chi connectivity index (χ4v) is 7.25. The van der Waals surface area contributed by atoms with Crippen molar-refractivity contribution in [1.82, 2.24) is 19.8 Å².